The molecular formula is C20H20N2O7. The van der Waals surface area contributed by atoms with Gasteiger partial charge in [0.25, 0.3) is 11.2 Å². The van der Waals surface area contributed by atoms with Gasteiger partial charge in [-0.3, -0.25) is 29.1 Å². The fraction of sp³-hybridized carbons (Fsp3) is 0.350. The van der Waals surface area contributed by atoms with Crippen LogP contribution in [0.15, 0.2) is 29.1 Å². The molecule has 1 aromatic heterocycles. The van der Waals surface area contributed by atoms with E-state index >= 15 is 0 Å². The molecule has 9 nitrogen and oxygen atoms in total. The Labute approximate surface area is 166 Å². The van der Waals surface area contributed by atoms with Crippen LogP contribution in [0.1, 0.15) is 22.4 Å². The topological polar surface area (TPSA) is 118 Å². The van der Waals surface area contributed by atoms with Gasteiger partial charge in [-0.1, -0.05) is 0 Å². The third-order valence-electron chi connectivity index (χ3n) is 5.54. The zero-order valence-corrected chi connectivity index (χ0v) is 16.5. The van der Waals surface area contributed by atoms with E-state index < -0.39 is 22.3 Å². The Balaban J connectivity index is 2.20. The second-order valence-corrected chi connectivity index (χ2v) is 7.00. The minimum absolute atomic E-state index is 0.0185. The van der Waals surface area contributed by atoms with Gasteiger partial charge in [0.15, 0.2) is 5.41 Å². The smallest absolute Gasteiger partial charge is 0.323 e. The van der Waals surface area contributed by atoms with Crippen molar-refractivity contribution < 1.29 is 24.0 Å². The van der Waals surface area contributed by atoms with Crippen molar-refractivity contribution in [3.05, 3.63) is 67.1 Å². The van der Waals surface area contributed by atoms with Gasteiger partial charge >= 0.3 is 11.9 Å². The van der Waals surface area contributed by atoms with Crippen molar-refractivity contribution in [2.45, 2.75) is 26.7 Å². The second-order valence-electron chi connectivity index (χ2n) is 7.00. The maximum atomic E-state index is 13.1. The molecule has 3 rings (SSSR count). The maximum Gasteiger partial charge on any atom is 0.323 e. The number of fused-ring (bicyclic) bond motifs is 1. The van der Waals surface area contributed by atoms with Gasteiger partial charge in [0.05, 0.1) is 19.1 Å². The van der Waals surface area contributed by atoms with Crippen LogP contribution in [0.3, 0.4) is 0 Å². The third-order valence-corrected chi connectivity index (χ3v) is 5.54. The summed E-state index contributed by atoms with van der Waals surface area (Å²) in [7, 11) is 2.40. The number of non-ortho nitro benzene ring substituents is 1. The molecule has 0 amide bonds. The summed E-state index contributed by atoms with van der Waals surface area (Å²) in [5.74, 6) is -1.43. The molecule has 0 radical (unpaired) electrons. The van der Waals surface area contributed by atoms with Crippen LogP contribution in [-0.2, 0) is 31.9 Å². The van der Waals surface area contributed by atoms with Crippen molar-refractivity contribution in [1.29, 1.82) is 0 Å². The number of esters is 2. The SMILES string of the molecule is COC(=O)C1(C(=O)OC)Cc2c(c(C)n(-c3ccc([N+](=O)[O-])cc3)c(=O)c2C)C1. The predicted molar refractivity (Wildman–Crippen MR) is 102 cm³/mol. The summed E-state index contributed by atoms with van der Waals surface area (Å²) in [4.78, 5) is 48.4. The summed E-state index contributed by atoms with van der Waals surface area (Å²) >= 11 is 0. The normalized spacial score (nSPS) is 14.2. The highest BCUT2D eigenvalue weighted by atomic mass is 16.6. The number of benzene rings is 1. The average molecular weight is 400 g/mol. The van der Waals surface area contributed by atoms with Crippen LogP contribution in [-0.4, -0.2) is 35.6 Å². The third kappa shape index (κ3) is 2.98. The monoisotopic (exact) mass is 400 g/mol. The van der Waals surface area contributed by atoms with Crippen molar-refractivity contribution in [3.8, 4) is 5.69 Å². The van der Waals surface area contributed by atoms with Gasteiger partial charge in [-0.05, 0) is 37.1 Å². The van der Waals surface area contributed by atoms with Crippen LogP contribution < -0.4 is 5.56 Å². The molecule has 1 aliphatic rings. The lowest BCUT2D eigenvalue weighted by atomic mass is 9.84. The zero-order valence-electron chi connectivity index (χ0n) is 16.5. The highest BCUT2D eigenvalue weighted by Crippen LogP contribution is 2.41. The number of carbonyl (C=O) groups excluding carboxylic acids is 2. The summed E-state index contributed by atoms with van der Waals surface area (Å²) in [6.07, 6.45) is 0.0618. The maximum absolute atomic E-state index is 13.1. The van der Waals surface area contributed by atoms with E-state index in [2.05, 4.69) is 0 Å². The number of hydrogen-bond acceptors (Lipinski definition) is 7. The van der Waals surface area contributed by atoms with E-state index in [1.807, 2.05) is 0 Å². The number of rotatable bonds is 4. The van der Waals surface area contributed by atoms with Crippen molar-refractivity contribution in [2.75, 3.05) is 14.2 Å². The fourth-order valence-corrected chi connectivity index (χ4v) is 3.97. The Bertz CT molecular complexity index is 1070. The molecule has 152 valence electrons. The van der Waals surface area contributed by atoms with Gasteiger partial charge in [-0.2, -0.15) is 0 Å². The Kier molecular flexibility index (Phi) is 5.00. The fourth-order valence-electron chi connectivity index (χ4n) is 3.97. The average Bonchev–Trinajstić information content (AvgIpc) is 3.14. The summed E-state index contributed by atoms with van der Waals surface area (Å²) in [6, 6.07) is 5.61. The van der Waals surface area contributed by atoms with Gasteiger partial charge in [0.1, 0.15) is 0 Å². The molecule has 0 saturated heterocycles. The molecule has 9 heteroatoms. The molecule has 1 aromatic carbocycles. The van der Waals surface area contributed by atoms with E-state index in [4.69, 9.17) is 9.47 Å². The van der Waals surface area contributed by atoms with Crippen LogP contribution >= 0.6 is 0 Å². The number of nitro groups is 1. The number of hydrogen-bond donors (Lipinski definition) is 0. The summed E-state index contributed by atoms with van der Waals surface area (Å²) < 4.78 is 11.2. The van der Waals surface area contributed by atoms with E-state index in [0.29, 0.717) is 28.1 Å². The first-order chi connectivity index (χ1) is 13.7. The predicted octanol–water partition coefficient (Wildman–Crippen LogP) is 1.79. The molecule has 0 N–H and O–H groups in total. The molecule has 1 heterocycles. The lowest BCUT2D eigenvalue weighted by Gasteiger charge is -2.22. The van der Waals surface area contributed by atoms with Crippen molar-refractivity contribution >= 4 is 17.6 Å². The van der Waals surface area contributed by atoms with E-state index in [0.717, 1.165) is 0 Å². The molecule has 0 fully saturated rings. The Morgan fingerprint density at radius 2 is 1.55 bits per heavy atom. The quantitative estimate of drug-likeness (QED) is 0.332. The zero-order chi connectivity index (χ0) is 21.5. The summed E-state index contributed by atoms with van der Waals surface area (Å²) in [6.45, 7) is 3.35. The second kappa shape index (κ2) is 7.16. The Hall–Kier alpha value is -3.49. The van der Waals surface area contributed by atoms with Crippen LogP contribution in [0.2, 0.25) is 0 Å². The van der Waals surface area contributed by atoms with Gasteiger partial charge < -0.3 is 9.47 Å². The highest BCUT2D eigenvalue weighted by molar-refractivity contribution is 6.01. The molecule has 0 atom stereocenters. The highest BCUT2D eigenvalue weighted by Gasteiger charge is 2.54. The molecular weight excluding hydrogens is 380 g/mol. The number of pyridine rings is 1. The van der Waals surface area contributed by atoms with Gasteiger partial charge in [-0.25, -0.2) is 0 Å². The number of nitrogens with zero attached hydrogens (tertiary/aromatic N) is 2. The minimum Gasteiger partial charge on any atom is -0.468 e. The molecule has 2 aromatic rings. The first-order valence-corrected chi connectivity index (χ1v) is 8.83. The minimum atomic E-state index is -1.54. The molecule has 1 aliphatic carbocycles. The molecule has 0 spiro atoms. The molecule has 0 unspecified atom stereocenters. The molecule has 0 bridgehead atoms. The van der Waals surface area contributed by atoms with Crippen LogP contribution in [0.25, 0.3) is 5.69 Å². The lowest BCUT2D eigenvalue weighted by molar-refractivity contribution is -0.384. The summed E-state index contributed by atoms with van der Waals surface area (Å²) in [5, 5.41) is 10.9. The number of methoxy groups -OCH3 is 2. The lowest BCUT2D eigenvalue weighted by Crippen LogP contribution is -2.42. The number of carbonyl (C=O) groups is 2. The van der Waals surface area contributed by atoms with E-state index in [1.54, 1.807) is 13.8 Å². The van der Waals surface area contributed by atoms with Gasteiger partial charge in [0, 0.05) is 41.9 Å². The first kappa shape index (κ1) is 20.2. The van der Waals surface area contributed by atoms with Crippen LogP contribution in [0.5, 0.6) is 0 Å². The van der Waals surface area contributed by atoms with Gasteiger partial charge in [0.2, 0.25) is 0 Å². The van der Waals surface area contributed by atoms with Gasteiger partial charge in [-0.15, -0.1) is 0 Å². The molecule has 0 aliphatic heterocycles. The Morgan fingerprint density at radius 3 is 2.03 bits per heavy atom. The largest absolute Gasteiger partial charge is 0.468 e. The van der Waals surface area contributed by atoms with Crippen molar-refractivity contribution in [3.63, 3.8) is 0 Å². The number of aromatic nitrogens is 1. The Morgan fingerprint density at radius 1 is 1.03 bits per heavy atom. The van der Waals surface area contributed by atoms with Crippen LogP contribution in [0, 0.1) is 29.4 Å². The first-order valence-electron chi connectivity index (χ1n) is 8.83. The van der Waals surface area contributed by atoms with Crippen molar-refractivity contribution in [2.24, 2.45) is 5.41 Å². The summed E-state index contributed by atoms with van der Waals surface area (Å²) in [5.41, 5.74) is 0.782. The van der Waals surface area contributed by atoms with Crippen LogP contribution in [0.4, 0.5) is 5.69 Å². The van der Waals surface area contributed by atoms with E-state index in [1.165, 1.54) is 43.1 Å². The van der Waals surface area contributed by atoms with Crippen molar-refractivity contribution in [1.82, 2.24) is 4.57 Å². The van der Waals surface area contributed by atoms with E-state index in [9.17, 15) is 24.5 Å². The standard InChI is InChI=1S/C20H20N2O7/c1-11-15-9-20(18(24)28-3,19(25)29-4)10-16(15)12(2)21(17(11)23)13-5-7-14(8-6-13)22(26)27/h5-8H,9-10H2,1-4H3. The van der Waals surface area contributed by atoms with E-state index in [-0.39, 0.29) is 24.1 Å². The molecule has 0 saturated carbocycles. The number of ether oxygens (including phenoxy) is 2. The number of nitro benzene ring substituents is 1. The molecule has 29 heavy (non-hydrogen) atoms.